The van der Waals surface area contributed by atoms with E-state index in [-0.39, 0.29) is 23.5 Å². The molecule has 114 valence electrons. The Labute approximate surface area is 139 Å². The molecule has 0 aliphatic carbocycles. The molecule has 0 atom stereocenters. The Morgan fingerprint density at radius 3 is 2.41 bits per heavy atom. The lowest BCUT2D eigenvalue weighted by molar-refractivity contribution is -0.666. The first-order valence-electron chi connectivity index (χ1n) is 6.82. The number of nitrogens with zero attached hydrogens (tertiary/aromatic N) is 2. The van der Waals surface area contributed by atoms with Gasteiger partial charge in [0.05, 0.1) is 5.97 Å². The van der Waals surface area contributed by atoms with Crippen molar-refractivity contribution in [2.75, 3.05) is 0 Å². The topological polar surface area (TPSA) is 48.9 Å². The number of fused-ring (bicyclic) bond motifs is 1. The lowest BCUT2D eigenvalue weighted by Gasteiger charge is -2.01. The van der Waals surface area contributed by atoms with Crippen LogP contribution in [0.2, 0.25) is 0 Å². The number of aromatic nitrogens is 2. The van der Waals surface area contributed by atoms with Crippen molar-refractivity contribution in [3.8, 4) is 5.69 Å². The highest BCUT2D eigenvalue weighted by molar-refractivity contribution is 8.93. The van der Waals surface area contributed by atoms with Crippen LogP contribution in [-0.2, 0) is 11.3 Å². The van der Waals surface area contributed by atoms with Crippen LogP contribution in [0.25, 0.3) is 16.7 Å². The second kappa shape index (κ2) is 6.32. The molecule has 0 fully saturated rings. The normalized spacial score (nSPS) is 10.5. The van der Waals surface area contributed by atoms with Crippen molar-refractivity contribution >= 4 is 34.0 Å². The van der Waals surface area contributed by atoms with E-state index >= 15 is 0 Å². The fourth-order valence-corrected chi connectivity index (χ4v) is 2.74. The van der Waals surface area contributed by atoms with Crippen molar-refractivity contribution in [1.82, 2.24) is 4.57 Å². The number of aryl methyl sites for hydroxylation is 2. The molecule has 4 nitrogen and oxygen atoms in total. The van der Waals surface area contributed by atoms with Crippen LogP contribution in [0.4, 0.5) is 0 Å². The van der Waals surface area contributed by atoms with Crippen molar-refractivity contribution in [1.29, 1.82) is 0 Å². The maximum atomic E-state index is 10.9. The summed E-state index contributed by atoms with van der Waals surface area (Å²) in [7, 11) is 0. The fourth-order valence-electron chi connectivity index (χ4n) is 2.74. The van der Waals surface area contributed by atoms with Crippen molar-refractivity contribution < 1.29 is 14.5 Å². The quantitative estimate of drug-likeness (QED) is 0.669. The molecular weight excluding hydrogens is 344 g/mol. The van der Waals surface area contributed by atoms with Gasteiger partial charge < -0.3 is 9.90 Å². The van der Waals surface area contributed by atoms with Gasteiger partial charge in [-0.2, -0.15) is 4.57 Å². The predicted octanol–water partition coefficient (Wildman–Crippen LogP) is 1.86. The van der Waals surface area contributed by atoms with Gasteiger partial charge in [-0.1, -0.05) is 18.2 Å². The molecule has 0 radical (unpaired) electrons. The molecule has 5 heteroatoms. The van der Waals surface area contributed by atoms with Crippen LogP contribution in [-0.4, -0.2) is 10.5 Å². The molecule has 0 aliphatic rings. The van der Waals surface area contributed by atoms with E-state index in [2.05, 4.69) is 32.0 Å². The molecule has 0 bridgehead atoms. The number of carboxylic acids is 1. The Morgan fingerprint density at radius 2 is 1.77 bits per heavy atom. The average Bonchev–Trinajstić information content (AvgIpc) is 2.76. The minimum atomic E-state index is -1.09. The summed E-state index contributed by atoms with van der Waals surface area (Å²) in [6.45, 7) is 3.95. The summed E-state index contributed by atoms with van der Waals surface area (Å²) in [6, 6.07) is 14.0. The summed E-state index contributed by atoms with van der Waals surface area (Å²) in [4.78, 5) is 10.9. The van der Waals surface area contributed by atoms with Crippen LogP contribution in [0, 0.1) is 13.8 Å². The third kappa shape index (κ3) is 3.04. The van der Waals surface area contributed by atoms with Gasteiger partial charge in [0.1, 0.15) is 12.2 Å². The first-order chi connectivity index (χ1) is 10.0. The van der Waals surface area contributed by atoms with Crippen LogP contribution < -0.4 is 9.67 Å². The zero-order chi connectivity index (χ0) is 15.0. The summed E-state index contributed by atoms with van der Waals surface area (Å²) < 4.78 is 3.71. The molecule has 0 aliphatic heterocycles. The SMILES string of the molecule is Br.Cc1cc(C)cc(-n2c[n+](CC(=O)[O-])c3ccccc32)c1. The largest absolute Gasteiger partial charge is 0.546 e. The second-order valence-corrected chi connectivity index (χ2v) is 5.32. The Morgan fingerprint density at radius 1 is 1.14 bits per heavy atom. The van der Waals surface area contributed by atoms with Gasteiger partial charge in [-0.3, -0.25) is 0 Å². The zero-order valence-electron chi connectivity index (χ0n) is 12.4. The van der Waals surface area contributed by atoms with Crippen LogP contribution in [0.5, 0.6) is 0 Å². The van der Waals surface area contributed by atoms with E-state index in [0.29, 0.717) is 0 Å². The van der Waals surface area contributed by atoms with Gasteiger partial charge in [0.2, 0.25) is 6.33 Å². The van der Waals surface area contributed by atoms with Crippen LogP contribution in [0.15, 0.2) is 48.8 Å². The predicted molar refractivity (Wildman–Crippen MR) is 88.3 cm³/mol. The fraction of sp³-hybridized carbons (Fsp3) is 0.176. The molecule has 0 saturated carbocycles. The van der Waals surface area contributed by atoms with Crippen LogP contribution in [0.3, 0.4) is 0 Å². The highest BCUT2D eigenvalue weighted by Crippen LogP contribution is 2.19. The molecule has 0 unspecified atom stereocenters. The minimum Gasteiger partial charge on any atom is -0.546 e. The number of hydrogen-bond acceptors (Lipinski definition) is 2. The number of aliphatic carboxylic acids is 1. The number of carboxylic acid groups (broad SMARTS) is 1. The van der Waals surface area contributed by atoms with Crippen molar-refractivity contribution in [2.45, 2.75) is 20.4 Å². The first-order valence-corrected chi connectivity index (χ1v) is 6.82. The summed E-state index contributed by atoms with van der Waals surface area (Å²) >= 11 is 0. The molecular formula is C17H17BrN2O2. The van der Waals surface area contributed by atoms with Crippen molar-refractivity contribution in [2.24, 2.45) is 0 Å². The number of carbonyl (C=O) groups excluding carboxylic acids is 1. The van der Waals surface area contributed by atoms with E-state index in [9.17, 15) is 9.90 Å². The average molecular weight is 361 g/mol. The number of imidazole rings is 1. The van der Waals surface area contributed by atoms with Crippen LogP contribution >= 0.6 is 17.0 Å². The molecule has 0 saturated heterocycles. The van der Waals surface area contributed by atoms with Gasteiger partial charge in [0.25, 0.3) is 0 Å². The Bertz CT molecular complexity index is 820. The molecule has 1 aromatic heterocycles. The lowest BCUT2D eigenvalue weighted by atomic mass is 10.1. The van der Waals surface area contributed by atoms with Crippen LogP contribution in [0.1, 0.15) is 11.1 Å². The third-order valence-electron chi connectivity index (χ3n) is 3.49. The van der Waals surface area contributed by atoms with Crippen molar-refractivity contribution in [3.05, 3.63) is 59.9 Å². The smallest absolute Gasteiger partial charge is 0.250 e. The van der Waals surface area contributed by atoms with E-state index in [0.717, 1.165) is 16.7 Å². The highest BCUT2D eigenvalue weighted by Gasteiger charge is 2.17. The Balaban J connectivity index is 0.00000176. The molecule has 0 N–H and O–H groups in total. The number of halogens is 1. The number of hydrogen-bond donors (Lipinski definition) is 0. The Kier molecular flexibility index (Phi) is 4.66. The number of para-hydroxylation sites is 2. The molecule has 2 aromatic carbocycles. The van der Waals surface area contributed by atoms with E-state index in [1.165, 1.54) is 11.1 Å². The molecule has 0 spiro atoms. The van der Waals surface area contributed by atoms with Gasteiger partial charge in [-0.15, -0.1) is 17.0 Å². The number of rotatable bonds is 3. The van der Waals surface area contributed by atoms with Gasteiger partial charge in [0, 0.05) is 0 Å². The van der Waals surface area contributed by atoms with E-state index in [1.807, 2.05) is 35.2 Å². The second-order valence-electron chi connectivity index (χ2n) is 5.32. The zero-order valence-corrected chi connectivity index (χ0v) is 14.2. The monoisotopic (exact) mass is 360 g/mol. The summed E-state index contributed by atoms with van der Waals surface area (Å²) in [5, 5.41) is 10.9. The maximum Gasteiger partial charge on any atom is 0.250 e. The van der Waals surface area contributed by atoms with Gasteiger partial charge in [-0.25, -0.2) is 4.57 Å². The molecule has 0 amide bonds. The third-order valence-corrected chi connectivity index (χ3v) is 3.49. The Hall–Kier alpha value is -2.14. The van der Waals surface area contributed by atoms with Gasteiger partial charge in [0.15, 0.2) is 11.0 Å². The molecule has 22 heavy (non-hydrogen) atoms. The first kappa shape index (κ1) is 16.2. The van der Waals surface area contributed by atoms with E-state index < -0.39 is 5.97 Å². The molecule has 3 aromatic rings. The summed E-state index contributed by atoms with van der Waals surface area (Å²) in [5.41, 5.74) is 5.23. The number of benzene rings is 2. The molecule has 3 rings (SSSR count). The standard InChI is InChI=1S/C17H16N2O2.BrH/c1-12-7-13(2)9-14(8-12)19-11-18(10-17(20)21)15-5-3-4-6-16(15)19;/h3-9,11H,10H2,1-2H3;1H. The minimum absolute atomic E-state index is 0. The lowest BCUT2D eigenvalue weighted by Crippen LogP contribution is -2.43. The van der Waals surface area contributed by atoms with Gasteiger partial charge >= 0.3 is 0 Å². The summed E-state index contributed by atoms with van der Waals surface area (Å²) in [6.07, 6.45) is 1.81. The maximum absolute atomic E-state index is 10.9. The highest BCUT2D eigenvalue weighted by atomic mass is 79.9. The van der Waals surface area contributed by atoms with E-state index in [1.54, 1.807) is 4.57 Å². The molecule has 1 heterocycles. The number of carbonyl (C=O) groups is 1. The van der Waals surface area contributed by atoms with Gasteiger partial charge in [-0.05, 0) is 49.2 Å². The van der Waals surface area contributed by atoms with E-state index in [4.69, 9.17) is 0 Å². The van der Waals surface area contributed by atoms with Crippen molar-refractivity contribution in [3.63, 3.8) is 0 Å². The summed E-state index contributed by atoms with van der Waals surface area (Å²) in [5.74, 6) is -1.09.